The topological polar surface area (TPSA) is 64.7 Å². The molecule has 7 heteroatoms. The molecule has 4 saturated carbocycles. The number of hydrogen-bond acceptors (Lipinski definition) is 3. The normalized spacial score (nSPS) is 34.8. The van der Waals surface area contributed by atoms with Gasteiger partial charge in [0.15, 0.2) is 0 Å². The maximum absolute atomic E-state index is 15.1. The van der Waals surface area contributed by atoms with Crippen LogP contribution in [-0.2, 0) is 11.3 Å². The second kappa shape index (κ2) is 9.87. The molecule has 6 nitrogen and oxygen atoms in total. The van der Waals surface area contributed by atoms with Gasteiger partial charge >= 0.3 is 6.03 Å². The minimum Gasteiger partial charge on any atom is -0.343 e. The van der Waals surface area contributed by atoms with Crippen molar-refractivity contribution >= 4 is 17.6 Å². The molecule has 1 aromatic rings. The van der Waals surface area contributed by atoms with Gasteiger partial charge in [-0.15, -0.1) is 0 Å². The summed E-state index contributed by atoms with van der Waals surface area (Å²) in [7, 11) is 0. The number of rotatable bonds is 7. The lowest BCUT2D eigenvalue weighted by Gasteiger charge is -2.65. The van der Waals surface area contributed by atoms with Crippen molar-refractivity contribution in [1.29, 1.82) is 0 Å². The summed E-state index contributed by atoms with van der Waals surface area (Å²) in [5.74, 6) is 0.509. The molecule has 3 amide bonds. The van der Waals surface area contributed by atoms with E-state index in [2.05, 4.69) is 29.4 Å². The third-order valence-corrected chi connectivity index (χ3v) is 9.62. The number of likely N-dealkylation sites (tertiary alicyclic amines) is 1. The highest BCUT2D eigenvalue weighted by Crippen LogP contribution is 2.66. The average Bonchev–Trinajstić information content (AvgIpc) is 2.79. The summed E-state index contributed by atoms with van der Waals surface area (Å²) < 4.78 is 15.1. The first-order valence-electron chi connectivity index (χ1n) is 14.4. The van der Waals surface area contributed by atoms with E-state index in [1.165, 1.54) is 25.3 Å². The lowest BCUT2D eigenvalue weighted by molar-refractivity contribution is -0.137. The zero-order chi connectivity index (χ0) is 26.4. The molecule has 5 fully saturated rings. The molecule has 2 unspecified atom stereocenters. The van der Waals surface area contributed by atoms with E-state index in [1.54, 1.807) is 6.07 Å². The van der Waals surface area contributed by atoms with Crippen LogP contribution in [0.5, 0.6) is 0 Å². The molecule has 37 heavy (non-hydrogen) atoms. The van der Waals surface area contributed by atoms with Crippen LogP contribution in [0, 0.1) is 28.5 Å². The van der Waals surface area contributed by atoms with Crippen molar-refractivity contribution < 1.29 is 14.0 Å². The predicted molar refractivity (Wildman–Crippen MR) is 145 cm³/mol. The Hall–Kier alpha value is -2.15. The first-order chi connectivity index (χ1) is 17.5. The van der Waals surface area contributed by atoms with E-state index in [4.69, 9.17) is 0 Å². The number of carbonyl (C=O) groups is 2. The van der Waals surface area contributed by atoms with E-state index in [-0.39, 0.29) is 29.1 Å². The fraction of sp³-hybridized carbons (Fsp3) is 0.733. The van der Waals surface area contributed by atoms with Crippen molar-refractivity contribution in [3.05, 3.63) is 29.6 Å². The number of halogens is 1. The molecule has 5 atom stereocenters. The number of anilines is 1. The molecule has 0 spiro atoms. The molecule has 0 aromatic heterocycles. The van der Waals surface area contributed by atoms with Gasteiger partial charge in [-0.05, 0) is 106 Å². The van der Waals surface area contributed by atoms with Crippen LogP contribution in [0.1, 0.15) is 84.6 Å². The second-order valence-corrected chi connectivity index (χ2v) is 13.4. The highest BCUT2D eigenvalue weighted by molar-refractivity contribution is 5.90. The van der Waals surface area contributed by atoms with Gasteiger partial charge in [-0.2, -0.15) is 0 Å². The van der Waals surface area contributed by atoms with Crippen LogP contribution in [0.3, 0.4) is 0 Å². The summed E-state index contributed by atoms with van der Waals surface area (Å²) in [5.41, 5.74) is 1.52. The molecule has 0 radical (unpaired) electrons. The zero-order valence-electron chi connectivity index (χ0n) is 23.2. The van der Waals surface area contributed by atoms with Gasteiger partial charge in [0.25, 0.3) is 0 Å². The fourth-order valence-corrected chi connectivity index (χ4v) is 9.19. The largest absolute Gasteiger partial charge is 0.343 e. The highest BCUT2D eigenvalue weighted by Gasteiger charge is 2.60. The summed E-state index contributed by atoms with van der Waals surface area (Å²) >= 11 is 0. The minimum absolute atomic E-state index is 0.0113. The molecule has 6 rings (SSSR count). The second-order valence-electron chi connectivity index (χ2n) is 13.4. The lowest BCUT2D eigenvalue weighted by atomic mass is 9.43. The van der Waals surface area contributed by atoms with Crippen molar-refractivity contribution in [1.82, 2.24) is 15.1 Å². The first-order valence-corrected chi connectivity index (χ1v) is 14.4. The molecule has 2 N–H and O–H groups in total. The molecular formula is C30H45FN4O2. The van der Waals surface area contributed by atoms with Gasteiger partial charge in [-0.25, -0.2) is 9.18 Å². The number of piperidine rings is 1. The fourth-order valence-electron chi connectivity index (χ4n) is 9.19. The molecule has 1 heterocycles. The number of nitrogens with zero attached hydrogens (tertiary/aromatic N) is 2. The monoisotopic (exact) mass is 512 g/mol. The summed E-state index contributed by atoms with van der Waals surface area (Å²) in [6.45, 7) is 12.5. The standard InChI is InChI=1S/C30H45FN4O2/c1-5-35(6-2)26(36)23-8-7-11-34(17-23)16-21-9-10-25(24(31)12-21)32-27(37)33-30-15-22-13-28(3,19-30)18-29(4,14-22)20-30/h9-10,12,22-23H,5-8,11,13-20H2,1-4H3,(H2,32,33,37)/t22?,23-,28-,29+,30?/m0/s1. The average molecular weight is 513 g/mol. The van der Waals surface area contributed by atoms with Crippen LogP contribution >= 0.6 is 0 Å². The van der Waals surface area contributed by atoms with Gasteiger partial charge < -0.3 is 15.5 Å². The van der Waals surface area contributed by atoms with Gasteiger partial charge in [-0.3, -0.25) is 9.69 Å². The Morgan fingerprint density at radius 1 is 1.08 bits per heavy atom. The lowest BCUT2D eigenvalue weighted by Crippen LogP contribution is -2.65. The molecule has 204 valence electrons. The van der Waals surface area contributed by atoms with Crippen LogP contribution in [0.2, 0.25) is 0 Å². The summed E-state index contributed by atoms with van der Waals surface area (Å²) in [6.07, 6.45) is 8.76. The molecule has 4 bridgehead atoms. The SMILES string of the molecule is CCN(CC)C(=O)[C@H]1CCCN(Cc2ccc(NC(=O)NC34CC5C[C@@](C)(C3)C[C@](C)(C5)C4)c(F)c2)C1. The van der Waals surface area contributed by atoms with Gasteiger partial charge in [-0.1, -0.05) is 19.9 Å². The Morgan fingerprint density at radius 3 is 2.41 bits per heavy atom. The Balaban J connectivity index is 1.18. The summed E-state index contributed by atoms with van der Waals surface area (Å²) in [6, 6.07) is 4.80. The van der Waals surface area contributed by atoms with Crippen molar-refractivity contribution in [2.45, 2.75) is 91.1 Å². The van der Waals surface area contributed by atoms with E-state index in [1.807, 2.05) is 24.8 Å². The van der Waals surface area contributed by atoms with Gasteiger partial charge in [0.1, 0.15) is 5.82 Å². The van der Waals surface area contributed by atoms with Crippen molar-refractivity contribution in [2.75, 3.05) is 31.5 Å². The Labute approximate surface area is 221 Å². The third-order valence-electron chi connectivity index (χ3n) is 9.62. The van der Waals surface area contributed by atoms with E-state index in [0.717, 1.165) is 57.3 Å². The molecule has 1 aromatic carbocycles. The van der Waals surface area contributed by atoms with Crippen LogP contribution in [0.25, 0.3) is 0 Å². The van der Waals surface area contributed by atoms with E-state index in [9.17, 15) is 9.59 Å². The molecule has 4 aliphatic carbocycles. The van der Waals surface area contributed by atoms with Crippen LogP contribution in [0.4, 0.5) is 14.9 Å². The molecular weight excluding hydrogens is 467 g/mol. The Kier molecular flexibility index (Phi) is 7.05. The van der Waals surface area contributed by atoms with Crippen molar-refractivity contribution in [3.8, 4) is 0 Å². The number of urea groups is 1. The zero-order valence-corrected chi connectivity index (χ0v) is 23.2. The summed E-state index contributed by atoms with van der Waals surface area (Å²) in [5, 5.41) is 6.10. The quantitative estimate of drug-likeness (QED) is 0.487. The van der Waals surface area contributed by atoms with Crippen molar-refractivity contribution in [2.24, 2.45) is 22.7 Å². The molecule has 1 saturated heterocycles. The smallest absolute Gasteiger partial charge is 0.319 e. The van der Waals surface area contributed by atoms with Gasteiger partial charge in [0.2, 0.25) is 5.91 Å². The van der Waals surface area contributed by atoms with Crippen LogP contribution in [0.15, 0.2) is 18.2 Å². The number of carbonyl (C=O) groups excluding carboxylic acids is 2. The number of amides is 3. The van der Waals surface area contributed by atoms with Crippen molar-refractivity contribution in [3.63, 3.8) is 0 Å². The number of nitrogens with one attached hydrogen (secondary N) is 2. The van der Waals surface area contributed by atoms with E-state index in [0.29, 0.717) is 29.8 Å². The Bertz CT molecular complexity index is 1020. The van der Waals surface area contributed by atoms with E-state index >= 15 is 4.39 Å². The molecule has 5 aliphatic rings. The maximum Gasteiger partial charge on any atom is 0.319 e. The third kappa shape index (κ3) is 5.52. The highest BCUT2D eigenvalue weighted by atomic mass is 19.1. The first kappa shape index (κ1) is 26.5. The predicted octanol–water partition coefficient (Wildman–Crippen LogP) is 5.78. The minimum atomic E-state index is -0.412. The Morgan fingerprint density at radius 2 is 1.78 bits per heavy atom. The van der Waals surface area contributed by atoms with Gasteiger partial charge in [0, 0.05) is 31.7 Å². The number of hydrogen-bond donors (Lipinski definition) is 2. The number of benzene rings is 1. The summed E-state index contributed by atoms with van der Waals surface area (Å²) in [4.78, 5) is 30.0. The van der Waals surface area contributed by atoms with E-state index < -0.39 is 5.82 Å². The van der Waals surface area contributed by atoms with Gasteiger partial charge in [0.05, 0.1) is 11.6 Å². The van der Waals surface area contributed by atoms with Crippen LogP contribution in [-0.4, -0.2) is 53.5 Å². The van der Waals surface area contributed by atoms with Crippen LogP contribution < -0.4 is 10.6 Å². The maximum atomic E-state index is 15.1. The molecule has 1 aliphatic heterocycles.